The van der Waals surface area contributed by atoms with Crippen LogP contribution in [0, 0.1) is 22.7 Å². The minimum atomic E-state index is -1.18. The fourth-order valence-electron chi connectivity index (χ4n) is 6.92. The maximum atomic E-state index is 14.4. The Balaban J connectivity index is 1.49. The third kappa shape index (κ3) is 10.0. The van der Waals surface area contributed by atoms with Gasteiger partial charge in [-0.1, -0.05) is 60.8 Å². The van der Waals surface area contributed by atoms with Crippen LogP contribution in [-0.4, -0.2) is 117 Å². The molecular formula is C35H53Cl2N9O6. The number of carbonyl (C=O) groups is 6. The fraction of sp³-hybridized carbons (Fsp3) is 0.714. The maximum Gasteiger partial charge on any atom is 0.316 e. The summed E-state index contributed by atoms with van der Waals surface area (Å²) in [6, 6.07) is -3.40. The number of nitrogens with two attached hydrogens (primary N) is 1. The number of anilines is 1. The van der Waals surface area contributed by atoms with Crippen LogP contribution in [0.5, 0.6) is 0 Å². The second-order valence-corrected chi connectivity index (χ2v) is 17.3. The van der Waals surface area contributed by atoms with Crippen molar-refractivity contribution in [1.29, 1.82) is 0 Å². The van der Waals surface area contributed by atoms with E-state index in [1.807, 2.05) is 25.7 Å². The molecule has 3 fully saturated rings. The first-order valence-electron chi connectivity index (χ1n) is 17.9. The first-order valence-corrected chi connectivity index (χ1v) is 18.8. The lowest BCUT2D eigenvalue weighted by Gasteiger charge is -2.40. The number of piperazine rings is 1. The molecule has 1 aliphatic carbocycles. The van der Waals surface area contributed by atoms with Crippen molar-refractivity contribution in [3.05, 3.63) is 18.5 Å². The average molecular weight is 767 g/mol. The van der Waals surface area contributed by atoms with Crippen molar-refractivity contribution in [2.45, 2.75) is 103 Å². The molecule has 0 spiro atoms. The Kier molecular flexibility index (Phi) is 13.4. The van der Waals surface area contributed by atoms with E-state index in [1.165, 1.54) is 4.90 Å². The lowest BCUT2D eigenvalue weighted by atomic mass is 9.80. The van der Waals surface area contributed by atoms with E-state index in [0.29, 0.717) is 32.1 Å². The monoisotopic (exact) mass is 765 g/mol. The van der Waals surface area contributed by atoms with Gasteiger partial charge >= 0.3 is 6.03 Å². The Bertz CT molecular complexity index is 1470. The molecule has 0 radical (unpaired) electrons. The van der Waals surface area contributed by atoms with Crippen LogP contribution in [0.3, 0.4) is 0 Å². The summed E-state index contributed by atoms with van der Waals surface area (Å²) < 4.78 is 0. The highest BCUT2D eigenvalue weighted by molar-refractivity contribution is 6.44. The molecule has 0 bridgehead atoms. The van der Waals surface area contributed by atoms with Crippen LogP contribution in [0.25, 0.3) is 0 Å². The normalized spacial score (nSPS) is 21.5. The van der Waals surface area contributed by atoms with Crippen molar-refractivity contribution in [1.82, 2.24) is 35.7 Å². The van der Waals surface area contributed by atoms with Crippen molar-refractivity contribution < 1.29 is 28.8 Å². The zero-order valence-corrected chi connectivity index (χ0v) is 32.4. The summed E-state index contributed by atoms with van der Waals surface area (Å²) in [5.74, 6) is -3.53. The first kappa shape index (κ1) is 41.0. The average Bonchev–Trinajstić information content (AvgIpc) is 3.52. The summed E-state index contributed by atoms with van der Waals surface area (Å²) in [6.07, 6.45) is 6.58. The number of alkyl halides is 2. The number of ketones is 1. The van der Waals surface area contributed by atoms with Crippen LogP contribution >= 0.6 is 23.2 Å². The zero-order valence-electron chi connectivity index (χ0n) is 30.9. The zero-order chi connectivity index (χ0) is 38.5. The molecule has 3 heterocycles. The number of urea groups is 1. The minimum absolute atomic E-state index is 0.105. The summed E-state index contributed by atoms with van der Waals surface area (Å²) in [5.41, 5.74) is 3.78. The van der Waals surface area contributed by atoms with Gasteiger partial charge in [0.2, 0.25) is 29.5 Å². The molecule has 2 aliphatic heterocycles. The molecule has 5 N–H and O–H groups in total. The quantitative estimate of drug-likeness (QED) is 0.182. The number of hydrogen-bond acceptors (Lipinski definition) is 9. The molecule has 1 aromatic rings. The van der Waals surface area contributed by atoms with Crippen molar-refractivity contribution in [3.63, 3.8) is 0 Å². The minimum Gasteiger partial charge on any atom is -0.363 e. The van der Waals surface area contributed by atoms with Crippen molar-refractivity contribution in [2.75, 3.05) is 37.6 Å². The molecule has 2 saturated heterocycles. The van der Waals surface area contributed by atoms with Gasteiger partial charge in [-0.15, -0.1) is 23.2 Å². The van der Waals surface area contributed by atoms with Gasteiger partial charge in [0.05, 0.1) is 6.04 Å². The Hall–Kier alpha value is -3.72. The van der Waals surface area contributed by atoms with Gasteiger partial charge in [0.25, 0.3) is 5.91 Å². The van der Waals surface area contributed by atoms with Gasteiger partial charge in [-0.3, -0.25) is 24.0 Å². The van der Waals surface area contributed by atoms with Gasteiger partial charge in [-0.2, -0.15) is 0 Å². The van der Waals surface area contributed by atoms with E-state index in [0.717, 1.165) is 19.3 Å². The van der Waals surface area contributed by atoms with Crippen LogP contribution in [0.15, 0.2) is 18.5 Å². The number of carbonyl (C=O) groups excluding carboxylic acids is 6. The third-order valence-corrected chi connectivity index (χ3v) is 10.8. The Morgan fingerprint density at radius 1 is 0.827 bits per heavy atom. The van der Waals surface area contributed by atoms with E-state index in [1.54, 1.807) is 44.1 Å². The SMILES string of the molecule is CC(C)(C)[C@H](NC(=O)N[C@H](C(=O)N1CCC(C(Cl)Cl)[C@H]1C(=O)NC(CC1CCC1)C(=O)C(N)=O)C(C)(C)C)C(=O)N1CCN(c2ncccn2)CC1. The Morgan fingerprint density at radius 3 is 1.87 bits per heavy atom. The van der Waals surface area contributed by atoms with Crippen molar-refractivity contribution in [3.8, 4) is 0 Å². The number of nitrogens with one attached hydrogen (secondary N) is 3. The number of Topliss-reactive ketones (excluding diaryl/α,β-unsaturated/α-hetero) is 1. The summed E-state index contributed by atoms with van der Waals surface area (Å²) in [5, 5.41) is 8.30. The molecule has 1 aromatic heterocycles. The van der Waals surface area contributed by atoms with Gasteiger partial charge < -0.3 is 36.4 Å². The number of halogens is 2. The first-order chi connectivity index (χ1) is 24.3. The van der Waals surface area contributed by atoms with E-state index in [-0.39, 0.29) is 31.2 Å². The smallest absolute Gasteiger partial charge is 0.316 e. The molecule has 17 heteroatoms. The highest BCUT2D eigenvalue weighted by atomic mass is 35.5. The molecule has 288 valence electrons. The molecule has 5 atom stereocenters. The molecule has 6 amide bonds. The van der Waals surface area contributed by atoms with E-state index in [4.69, 9.17) is 28.9 Å². The van der Waals surface area contributed by atoms with Crippen molar-refractivity contribution in [2.24, 2.45) is 28.4 Å². The Labute approximate surface area is 315 Å². The number of hydrogen-bond donors (Lipinski definition) is 4. The molecule has 1 saturated carbocycles. The largest absolute Gasteiger partial charge is 0.363 e. The van der Waals surface area contributed by atoms with Gasteiger partial charge in [0, 0.05) is 51.0 Å². The van der Waals surface area contributed by atoms with E-state index < -0.39 is 75.3 Å². The second kappa shape index (κ2) is 17.0. The highest BCUT2D eigenvalue weighted by Gasteiger charge is 2.49. The number of aromatic nitrogens is 2. The maximum absolute atomic E-state index is 14.4. The number of nitrogens with zero attached hydrogens (tertiary/aromatic N) is 5. The highest BCUT2D eigenvalue weighted by Crippen LogP contribution is 2.35. The standard InChI is InChI=1S/C35H53Cl2N9O6/c1-34(2,3)25(30(50)44-15-17-45(18-16-44)32-39-12-8-13-40-32)42-33(52)43-26(35(4,5)6)31(51)46-14-11-21(27(36)37)23(46)29(49)41-22(24(47)28(38)48)19-20-9-7-10-20/h8,12-13,20-23,25-27H,7,9-11,14-19H2,1-6H3,(H2,38,48)(H,41,49)(H2,42,43,52)/t21?,22?,23-,25+,26+/m0/s1. The van der Waals surface area contributed by atoms with Crippen LogP contribution in [0.1, 0.15) is 73.6 Å². The molecule has 52 heavy (non-hydrogen) atoms. The van der Waals surface area contributed by atoms with Crippen LogP contribution in [-0.2, 0) is 24.0 Å². The van der Waals surface area contributed by atoms with Crippen LogP contribution in [0.4, 0.5) is 10.7 Å². The molecule has 4 rings (SSSR count). The van der Waals surface area contributed by atoms with Crippen LogP contribution < -0.4 is 26.6 Å². The fourth-order valence-corrected chi connectivity index (χ4v) is 7.44. The molecule has 3 aliphatic rings. The number of likely N-dealkylation sites (tertiary alicyclic amines) is 1. The second-order valence-electron chi connectivity index (χ2n) is 16.2. The Morgan fingerprint density at radius 2 is 1.38 bits per heavy atom. The lowest BCUT2D eigenvalue weighted by molar-refractivity contribution is -0.144. The van der Waals surface area contributed by atoms with Crippen molar-refractivity contribution >= 4 is 64.6 Å². The van der Waals surface area contributed by atoms with E-state index >= 15 is 0 Å². The molecular weight excluding hydrogens is 713 g/mol. The molecule has 0 aromatic carbocycles. The predicted molar refractivity (Wildman–Crippen MR) is 196 cm³/mol. The predicted octanol–water partition coefficient (Wildman–Crippen LogP) is 2.00. The number of primary amides is 1. The molecule has 2 unspecified atom stereocenters. The van der Waals surface area contributed by atoms with Gasteiger partial charge in [-0.25, -0.2) is 14.8 Å². The summed E-state index contributed by atoms with van der Waals surface area (Å²) in [4.78, 5) is 93.0. The number of amides is 6. The van der Waals surface area contributed by atoms with Crippen LogP contribution in [0.2, 0.25) is 0 Å². The van der Waals surface area contributed by atoms with Gasteiger partial charge in [0.15, 0.2) is 0 Å². The summed E-state index contributed by atoms with van der Waals surface area (Å²) >= 11 is 12.7. The summed E-state index contributed by atoms with van der Waals surface area (Å²) in [7, 11) is 0. The summed E-state index contributed by atoms with van der Waals surface area (Å²) in [6.45, 7) is 12.8. The lowest BCUT2D eigenvalue weighted by Crippen LogP contribution is -2.64. The van der Waals surface area contributed by atoms with E-state index in [9.17, 15) is 28.8 Å². The van der Waals surface area contributed by atoms with E-state index in [2.05, 4.69) is 25.9 Å². The molecule has 15 nitrogen and oxygen atoms in total. The number of rotatable bonds is 12. The third-order valence-electron chi connectivity index (χ3n) is 10.2. The topological polar surface area (TPSA) is 200 Å². The van der Waals surface area contributed by atoms with Gasteiger partial charge in [0.1, 0.15) is 23.0 Å². The van der Waals surface area contributed by atoms with Gasteiger partial charge in [-0.05, 0) is 35.7 Å².